The second-order valence-corrected chi connectivity index (χ2v) is 10.1. The molecule has 0 spiro atoms. The van der Waals surface area contributed by atoms with E-state index in [-0.39, 0.29) is 12.5 Å². The predicted molar refractivity (Wildman–Crippen MR) is 143 cm³/mol. The summed E-state index contributed by atoms with van der Waals surface area (Å²) < 4.78 is 11.8. The summed E-state index contributed by atoms with van der Waals surface area (Å²) in [5.74, 6) is 0.689. The molecule has 0 aliphatic heterocycles. The van der Waals surface area contributed by atoms with Gasteiger partial charge in [-0.05, 0) is 88.4 Å². The number of hydrogen-bond acceptors (Lipinski definition) is 6. The Labute approximate surface area is 218 Å². The topological polar surface area (TPSA) is 105 Å². The first-order valence-corrected chi connectivity index (χ1v) is 12.3. The van der Waals surface area contributed by atoms with E-state index in [1.54, 1.807) is 7.05 Å². The van der Waals surface area contributed by atoms with Crippen molar-refractivity contribution in [3.05, 3.63) is 69.6 Å². The average Bonchev–Trinajstić information content (AvgIpc) is 3.17. The molecule has 198 valence electrons. The smallest absolute Gasteiger partial charge is 0.347 e. The molecule has 1 aromatic heterocycles. The molecule has 0 saturated heterocycles. The molecule has 0 aliphatic carbocycles. The lowest BCUT2D eigenvalue weighted by molar-refractivity contribution is -0.152. The second-order valence-electron chi connectivity index (χ2n) is 10.1. The number of carbonyl (C=O) groups excluding carboxylic acids is 1. The molecule has 3 aromatic rings. The molecule has 0 unspecified atom stereocenters. The fourth-order valence-electron chi connectivity index (χ4n) is 4.08. The van der Waals surface area contributed by atoms with Crippen LogP contribution in [0.3, 0.4) is 0 Å². The van der Waals surface area contributed by atoms with Gasteiger partial charge in [0.2, 0.25) is 11.8 Å². The number of ether oxygens (including phenoxy) is 1. The zero-order chi connectivity index (χ0) is 27.5. The Hall–Kier alpha value is -3.65. The first-order valence-electron chi connectivity index (χ1n) is 12.3. The molecule has 0 aliphatic rings. The normalized spacial score (nSPS) is 11.6. The molecular weight excluding hydrogens is 470 g/mol. The van der Waals surface area contributed by atoms with Gasteiger partial charge < -0.3 is 19.6 Å². The molecule has 1 amide bonds. The quantitative estimate of drug-likeness (QED) is 0.403. The van der Waals surface area contributed by atoms with Crippen molar-refractivity contribution in [1.29, 1.82) is 0 Å². The number of aromatic nitrogens is 1. The van der Waals surface area contributed by atoms with Crippen LogP contribution in [-0.2, 0) is 22.7 Å². The highest BCUT2D eigenvalue weighted by Crippen LogP contribution is 2.30. The maximum atomic E-state index is 12.3. The third-order valence-corrected chi connectivity index (χ3v) is 6.46. The molecule has 8 nitrogen and oxygen atoms in total. The van der Waals surface area contributed by atoms with Crippen molar-refractivity contribution in [2.24, 2.45) is 0 Å². The standard InChI is InChI=1S/C29H37N3O5/c1-17-9-10-23(13-18(17)2)27-31-24(21(5)36-27)15-32(16-25(33)30-8)14-22-11-19(3)26(20(4)12-22)37-29(6,7)28(34)35/h9-13H,14-16H2,1-8H3,(H,30,33)(H,34,35). The van der Waals surface area contributed by atoms with Gasteiger partial charge in [0, 0.05) is 25.7 Å². The number of carbonyl (C=O) groups is 2. The number of nitrogens with zero attached hydrogens (tertiary/aromatic N) is 2. The van der Waals surface area contributed by atoms with Crippen molar-refractivity contribution < 1.29 is 23.8 Å². The van der Waals surface area contributed by atoms with Crippen LogP contribution < -0.4 is 10.1 Å². The lowest BCUT2D eigenvalue weighted by atomic mass is 10.0. The molecule has 2 N–H and O–H groups in total. The summed E-state index contributed by atoms with van der Waals surface area (Å²) in [6.45, 7) is 14.0. The first kappa shape index (κ1) is 27.9. The van der Waals surface area contributed by atoms with Crippen molar-refractivity contribution in [2.45, 2.75) is 67.2 Å². The van der Waals surface area contributed by atoms with E-state index in [4.69, 9.17) is 14.1 Å². The summed E-state index contributed by atoms with van der Waals surface area (Å²) in [5.41, 5.74) is 5.36. The van der Waals surface area contributed by atoms with Crippen LogP contribution >= 0.6 is 0 Å². The zero-order valence-corrected chi connectivity index (χ0v) is 23.0. The average molecular weight is 508 g/mol. The van der Waals surface area contributed by atoms with Gasteiger partial charge in [0.1, 0.15) is 11.5 Å². The summed E-state index contributed by atoms with van der Waals surface area (Å²) in [4.78, 5) is 30.6. The fourth-order valence-corrected chi connectivity index (χ4v) is 4.08. The number of rotatable bonds is 10. The Morgan fingerprint density at radius 2 is 1.65 bits per heavy atom. The Morgan fingerprint density at radius 1 is 1.00 bits per heavy atom. The van der Waals surface area contributed by atoms with Gasteiger partial charge in [-0.15, -0.1) is 0 Å². The minimum Gasteiger partial charge on any atom is -0.478 e. The minimum atomic E-state index is -1.35. The van der Waals surface area contributed by atoms with Gasteiger partial charge in [0.05, 0.1) is 12.2 Å². The fraction of sp³-hybridized carbons (Fsp3) is 0.414. The highest BCUT2D eigenvalue weighted by molar-refractivity contribution is 5.78. The number of nitrogens with one attached hydrogen (secondary N) is 1. The number of aliphatic carboxylic acids is 1. The number of amides is 1. The van der Waals surface area contributed by atoms with Gasteiger partial charge in [-0.3, -0.25) is 9.69 Å². The van der Waals surface area contributed by atoms with Crippen LogP contribution in [0.2, 0.25) is 0 Å². The molecule has 0 saturated carbocycles. The number of benzene rings is 2. The van der Waals surface area contributed by atoms with Crippen LogP contribution in [0.1, 0.15) is 53.1 Å². The van der Waals surface area contributed by atoms with Gasteiger partial charge in [0.15, 0.2) is 5.60 Å². The molecule has 37 heavy (non-hydrogen) atoms. The molecule has 0 radical (unpaired) electrons. The summed E-state index contributed by atoms with van der Waals surface area (Å²) in [7, 11) is 1.62. The summed E-state index contributed by atoms with van der Waals surface area (Å²) in [6, 6.07) is 10.0. The van der Waals surface area contributed by atoms with Gasteiger partial charge in [-0.2, -0.15) is 0 Å². The third-order valence-electron chi connectivity index (χ3n) is 6.46. The van der Waals surface area contributed by atoms with Gasteiger partial charge >= 0.3 is 5.97 Å². The highest BCUT2D eigenvalue weighted by Gasteiger charge is 2.30. The van der Waals surface area contributed by atoms with Gasteiger partial charge in [-0.1, -0.05) is 18.2 Å². The third kappa shape index (κ3) is 6.77. The number of carboxylic acids is 1. The van der Waals surface area contributed by atoms with Crippen LogP contribution in [0.15, 0.2) is 34.7 Å². The van der Waals surface area contributed by atoms with Crippen molar-refractivity contribution in [3.8, 4) is 17.2 Å². The highest BCUT2D eigenvalue weighted by atomic mass is 16.5. The predicted octanol–water partition coefficient (Wildman–Crippen LogP) is 4.87. The van der Waals surface area contributed by atoms with E-state index in [0.717, 1.165) is 27.9 Å². The van der Waals surface area contributed by atoms with E-state index in [2.05, 4.69) is 31.3 Å². The van der Waals surface area contributed by atoms with Crippen molar-refractivity contribution in [1.82, 2.24) is 15.2 Å². The number of hydrogen-bond donors (Lipinski definition) is 2. The van der Waals surface area contributed by atoms with E-state index in [0.29, 0.717) is 30.5 Å². The number of oxazole rings is 1. The maximum absolute atomic E-state index is 12.3. The van der Waals surface area contributed by atoms with Crippen LogP contribution in [-0.4, -0.2) is 46.1 Å². The summed E-state index contributed by atoms with van der Waals surface area (Å²) in [6.07, 6.45) is 0. The summed E-state index contributed by atoms with van der Waals surface area (Å²) >= 11 is 0. The van der Waals surface area contributed by atoms with E-state index in [1.807, 2.05) is 43.9 Å². The zero-order valence-electron chi connectivity index (χ0n) is 23.0. The van der Waals surface area contributed by atoms with E-state index in [1.165, 1.54) is 25.0 Å². The Bertz CT molecular complexity index is 1290. The molecule has 2 aromatic carbocycles. The van der Waals surface area contributed by atoms with Gasteiger partial charge in [-0.25, -0.2) is 9.78 Å². The van der Waals surface area contributed by atoms with Crippen LogP contribution in [0.4, 0.5) is 0 Å². The lowest BCUT2D eigenvalue weighted by Crippen LogP contribution is -2.38. The molecule has 8 heteroatoms. The lowest BCUT2D eigenvalue weighted by Gasteiger charge is -2.25. The Balaban J connectivity index is 1.86. The second kappa shape index (κ2) is 11.2. The molecule has 0 atom stereocenters. The first-order chi connectivity index (χ1) is 17.3. The summed E-state index contributed by atoms with van der Waals surface area (Å²) in [5, 5.41) is 12.1. The number of carboxylic acid groups (broad SMARTS) is 1. The van der Waals surface area contributed by atoms with Crippen molar-refractivity contribution in [3.63, 3.8) is 0 Å². The minimum absolute atomic E-state index is 0.105. The van der Waals surface area contributed by atoms with Crippen LogP contribution in [0, 0.1) is 34.6 Å². The maximum Gasteiger partial charge on any atom is 0.347 e. The van der Waals surface area contributed by atoms with Gasteiger partial charge in [0.25, 0.3) is 0 Å². The van der Waals surface area contributed by atoms with Crippen LogP contribution in [0.25, 0.3) is 11.5 Å². The molecule has 1 heterocycles. The monoisotopic (exact) mass is 507 g/mol. The number of likely N-dealkylation sites (N-methyl/N-ethyl adjacent to an activating group) is 1. The van der Waals surface area contributed by atoms with E-state index >= 15 is 0 Å². The van der Waals surface area contributed by atoms with Crippen LogP contribution in [0.5, 0.6) is 5.75 Å². The molecular formula is C29H37N3O5. The molecule has 0 bridgehead atoms. The van der Waals surface area contributed by atoms with Crippen molar-refractivity contribution in [2.75, 3.05) is 13.6 Å². The van der Waals surface area contributed by atoms with E-state index < -0.39 is 11.6 Å². The van der Waals surface area contributed by atoms with E-state index in [9.17, 15) is 14.7 Å². The Morgan fingerprint density at radius 3 is 2.22 bits per heavy atom. The molecule has 3 rings (SSSR count). The number of aryl methyl sites for hydroxylation is 5. The van der Waals surface area contributed by atoms with Crippen molar-refractivity contribution >= 4 is 11.9 Å². The Kier molecular flexibility index (Phi) is 8.43. The largest absolute Gasteiger partial charge is 0.478 e. The SMILES string of the molecule is CNC(=O)CN(Cc1cc(C)c(OC(C)(C)C(=O)O)c(C)c1)Cc1nc(-c2ccc(C)c(C)c2)oc1C. The molecule has 0 fully saturated rings.